The Kier molecular flexibility index (Phi) is 12.0. The highest BCUT2D eigenvalue weighted by atomic mass is 79.9. The van der Waals surface area contributed by atoms with Gasteiger partial charge in [-0.2, -0.15) is 8.61 Å². The molecule has 1 saturated carbocycles. The quantitative estimate of drug-likeness (QED) is 0.243. The van der Waals surface area contributed by atoms with Crippen LogP contribution < -0.4 is 4.90 Å². The number of piperidine rings is 2. The van der Waals surface area contributed by atoms with Crippen molar-refractivity contribution in [1.82, 2.24) is 13.6 Å². The van der Waals surface area contributed by atoms with Crippen molar-refractivity contribution in [3.63, 3.8) is 0 Å². The summed E-state index contributed by atoms with van der Waals surface area (Å²) in [5.74, 6) is 0.579. The number of aliphatic carboxylic acids is 1. The van der Waals surface area contributed by atoms with E-state index in [1.54, 1.807) is 22.5 Å². The highest BCUT2D eigenvalue weighted by molar-refractivity contribution is 9.10. The van der Waals surface area contributed by atoms with E-state index in [4.69, 9.17) is 11.6 Å². The van der Waals surface area contributed by atoms with Crippen molar-refractivity contribution in [2.75, 3.05) is 37.6 Å². The summed E-state index contributed by atoms with van der Waals surface area (Å²) in [6.07, 6.45) is 10.5. The number of carboxylic acids is 1. The molecule has 2 saturated heterocycles. The van der Waals surface area contributed by atoms with Gasteiger partial charge in [0.25, 0.3) is 10.0 Å². The number of rotatable bonds is 12. The topological polar surface area (TPSA) is 128 Å². The fourth-order valence-corrected chi connectivity index (χ4v) is 13.1. The third-order valence-corrected chi connectivity index (χ3v) is 17.1. The zero-order valence-electron chi connectivity index (χ0n) is 24.9. The number of alkyl halides is 1. The van der Waals surface area contributed by atoms with Gasteiger partial charge in [0.2, 0.25) is 10.0 Å². The molecule has 2 aliphatic heterocycles. The molecule has 45 heavy (non-hydrogen) atoms. The van der Waals surface area contributed by atoms with Crippen LogP contribution in [-0.4, -0.2) is 85.1 Å². The van der Waals surface area contributed by atoms with Crippen molar-refractivity contribution in [3.8, 4) is 0 Å². The molecule has 16 heteroatoms. The zero-order chi connectivity index (χ0) is 32.4. The molecular weight excluding hydrogens is 792 g/mol. The number of pyridine rings is 1. The van der Waals surface area contributed by atoms with Gasteiger partial charge in [0.1, 0.15) is 25.8 Å². The summed E-state index contributed by atoms with van der Waals surface area (Å²) < 4.78 is 56.8. The average molecular weight is 831 g/mol. The smallest absolute Gasteiger partial charge is 0.318 e. The molecule has 3 aliphatic rings. The van der Waals surface area contributed by atoms with E-state index in [-0.39, 0.29) is 20.0 Å². The molecule has 2 atom stereocenters. The standard InChI is InChI=1S/C29H39Br2ClN4O6S3/c30-24-16-28(43-29(24)32)45(41,42)35-14-10-20(11-15-35)4-3-5-21-12-13-34(18-25(21)31)26-9-8-23(17-33-26)44(39,40)36(19-27(37)38)22-6-1-2-7-22/h8-9,16-17,20-22,25H,1-7,10-15,18-19H2,(H,37,38). The van der Waals surface area contributed by atoms with Crippen LogP contribution in [0.1, 0.15) is 64.2 Å². The van der Waals surface area contributed by atoms with E-state index < -0.39 is 32.6 Å². The highest BCUT2D eigenvalue weighted by Crippen LogP contribution is 2.38. The maximum Gasteiger partial charge on any atom is 0.318 e. The van der Waals surface area contributed by atoms with E-state index in [1.165, 1.54) is 6.20 Å². The fraction of sp³-hybridized carbons (Fsp3) is 0.655. The number of carboxylic acid groups (broad SMARTS) is 1. The summed E-state index contributed by atoms with van der Waals surface area (Å²) in [7, 11) is -7.48. The molecular formula is C29H39Br2ClN4O6S3. The van der Waals surface area contributed by atoms with Crippen molar-refractivity contribution in [2.45, 2.75) is 84.2 Å². The van der Waals surface area contributed by atoms with Gasteiger partial charge in [-0.15, -0.1) is 11.3 Å². The average Bonchev–Trinajstić information content (AvgIpc) is 3.67. The summed E-state index contributed by atoms with van der Waals surface area (Å²) in [6, 6.07) is 4.56. The molecule has 0 bridgehead atoms. The molecule has 2 aromatic heterocycles. The predicted octanol–water partition coefficient (Wildman–Crippen LogP) is 6.44. The predicted molar refractivity (Wildman–Crippen MR) is 183 cm³/mol. The maximum absolute atomic E-state index is 13.3. The molecule has 4 heterocycles. The number of anilines is 1. The normalized spacial score (nSPS) is 22.8. The number of aromatic nitrogens is 1. The largest absolute Gasteiger partial charge is 0.480 e. The minimum Gasteiger partial charge on any atom is -0.480 e. The van der Waals surface area contributed by atoms with Gasteiger partial charge in [-0.3, -0.25) is 4.79 Å². The van der Waals surface area contributed by atoms with E-state index in [0.717, 1.165) is 80.1 Å². The van der Waals surface area contributed by atoms with E-state index >= 15 is 0 Å². The van der Waals surface area contributed by atoms with Crippen LogP contribution in [-0.2, 0) is 24.8 Å². The molecule has 250 valence electrons. The Morgan fingerprint density at radius 3 is 2.36 bits per heavy atom. The van der Waals surface area contributed by atoms with Crippen LogP contribution in [0.3, 0.4) is 0 Å². The number of nitrogens with zero attached hydrogens (tertiary/aromatic N) is 4. The molecule has 1 aliphatic carbocycles. The molecule has 1 N–H and O–H groups in total. The molecule has 10 nitrogen and oxygen atoms in total. The molecule has 0 spiro atoms. The number of halogens is 3. The third-order valence-electron chi connectivity index (χ3n) is 9.33. The van der Waals surface area contributed by atoms with Crippen LogP contribution in [0.15, 0.2) is 38.0 Å². The van der Waals surface area contributed by atoms with Gasteiger partial charge in [-0.05, 0) is 84.5 Å². The summed E-state index contributed by atoms with van der Waals surface area (Å²) >= 11 is 14.3. The Bertz CT molecular complexity index is 1530. The van der Waals surface area contributed by atoms with Crippen LogP contribution >= 0.6 is 54.8 Å². The van der Waals surface area contributed by atoms with Crippen LogP contribution in [0, 0.1) is 11.8 Å². The SMILES string of the molecule is O=C(O)CN(C1CCCC1)S(=O)(=O)c1ccc(N2CCC(CCCC3CCN(S(=O)(=O)c4cc(Br)c(Cl)s4)CC3)C(Br)C2)nc1. The first kappa shape index (κ1) is 35.5. The molecule has 5 rings (SSSR count). The van der Waals surface area contributed by atoms with Crippen molar-refractivity contribution in [1.29, 1.82) is 0 Å². The third kappa shape index (κ3) is 8.44. The lowest BCUT2D eigenvalue weighted by Gasteiger charge is -2.37. The molecule has 0 aromatic carbocycles. The molecule has 2 unspecified atom stereocenters. The minimum atomic E-state index is -3.97. The first-order valence-corrected chi connectivity index (χ1v) is 21.2. The van der Waals surface area contributed by atoms with Gasteiger partial charge in [0, 0.05) is 47.7 Å². The van der Waals surface area contributed by atoms with Crippen molar-refractivity contribution in [3.05, 3.63) is 33.2 Å². The monoisotopic (exact) mass is 828 g/mol. The Balaban J connectivity index is 1.08. The van der Waals surface area contributed by atoms with Crippen molar-refractivity contribution in [2.24, 2.45) is 11.8 Å². The number of hydrogen-bond donors (Lipinski definition) is 1. The van der Waals surface area contributed by atoms with Gasteiger partial charge in [-0.1, -0.05) is 53.2 Å². The van der Waals surface area contributed by atoms with E-state index in [0.29, 0.717) is 52.4 Å². The molecule has 2 aromatic rings. The Hall–Kier alpha value is -0.810. The van der Waals surface area contributed by atoms with Gasteiger partial charge in [0.05, 0.1) is 0 Å². The van der Waals surface area contributed by atoms with Gasteiger partial charge in [0.15, 0.2) is 0 Å². The Labute approximate surface area is 291 Å². The maximum atomic E-state index is 13.3. The van der Waals surface area contributed by atoms with Crippen LogP contribution in [0.2, 0.25) is 4.34 Å². The second-order valence-electron chi connectivity index (χ2n) is 12.2. The van der Waals surface area contributed by atoms with E-state index in [1.807, 2.05) is 0 Å². The summed E-state index contributed by atoms with van der Waals surface area (Å²) in [5.41, 5.74) is 0. The molecule has 0 amide bonds. The minimum absolute atomic E-state index is 0.0251. The fourth-order valence-electron chi connectivity index (χ4n) is 6.76. The van der Waals surface area contributed by atoms with E-state index in [9.17, 15) is 26.7 Å². The summed E-state index contributed by atoms with van der Waals surface area (Å²) in [6.45, 7) is 2.10. The molecule has 3 fully saturated rings. The van der Waals surface area contributed by atoms with Crippen molar-refractivity contribution >= 4 is 86.6 Å². The highest BCUT2D eigenvalue weighted by Gasteiger charge is 2.36. The Morgan fingerprint density at radius 2 is 1.78 bits per heavy atom. The number of sulfonamides is 2. The summed E-state index contributed by atoms with van der Waals surface area (Å²) in [4.78, 5) is 18.4. The second-order valence-corrected chi connectivity index (χ2v) is 20.0. The number of thiophene rings is 1. The first-order chi connectivity index (χ1) is 21.4. The Morgan fingerprint density at radius 1 is 1.07 bits per heavy atom. The molecule has 0 radical (unpaired) electrons. The second kappa shape index (κ2) is 15.2. The van der Waals surface area contributed by atoms with Crippen LogP contribution in [0.25, 0.3) is 0 Å². The summed E-state index contributed by atoms with van der Waals surface area (Å²) in [5, 5.41) is 9.36. The first-order valence-electron chi connectivity index (χ1n) is 15.4. The lowest BCUT2D eigenvalue weighted by Crippen LogP contribution is -2.42. The van der Waals surface area contributed by atoms with Crippen LogP contribution in [0.4, 0.5) is 5.82 Å². The zero-order valence-corrected chi connectivity index (χ0v) is 31.2. The van der Waals surface area contributed by atoms with Gasteiger partial charge < -0.3 is 10.0 Å². The van der Waals surface area contributed by atoms with Gasteiger partial charge >= 0.3 is 5.97 Å². The van der Waals surface area contributed by atoms with E-state index in [2.05, 4.69) is 41.7 Å². The van der Waals surface area contributed by atoms with Crippen molar-refractivity contribution < 1.29 is 26.7 Å². The lowest BCUT2D eigenvalue weighted by molar-refractivity contribution is -0.137. The lowest BCUT2D eigenvalue weighted by atomic mass is 9.87. The van der Waals surface area contributed by atoms with Crippen LogP contribution in [0.5, 0.6) is 0 Å². The number of carbonyl (C=O) groups is 1. The van der Waals surface area contributed by atoms with Gasteiger partial charge in [-0.25, -0.2) is 21.8 Å². The number of hydrogen-bond acceptors (Lipinski definition) is 8.